The van der Waals surface area contributed by atoms with E-state index in [0.717, 1.165) is 4.90 Å². The SMILES string of the molecule is CC[C@H](C)[C@@H]([C@@H](CC(=O)N1CCC[C@H]1[C@H](OC)[C@@H](C)C(=O)N[C@H](C)C[C@]1(O)C=CC=CC1)OC)N(C)C(=O)[C@@H](NC(=O)[C@H](C(C)C)N(C)C(=O)OCc1ccc(NC(=O)[C@H](CCCNC(N)=O)NC(=O)[C@@H](NC(=O)CCCCCN2C(=O)C=CC2=O)C(C)C)cc1)C(C)C. The number of aliphatic hydroxyl groups is 1. The number of ether oxygens (including phenoxy) is 3. The smallest absolute Gasteiger partial charge is 0.410 e. The summed E-state index contributed by atoms with van der Waals surface area (Å²) in [6, 6.07) is -0.00350. The van der Waals surface area contributed by atoms with Crippen molar-refractivity contribution in [3.05, 3.63) is 66.3 Å². The van der Waals surface area contributed by atoms with E-state index in [0.29, 0.717) is 69.2 Å². The van der Waals surface area contributed by atoms with Crippen molar-refractivity contribution in [3.8, 4) is 0 Å². The molecule has 12 amide bonds. The van der Waals surface area contributed by atoms with E-state index in [4.69, 9.17) is 19.9 Å². The van der Waals surface area contributed by atoms with E-state index in [1.807, 2.05) is 32.9 Å². The standard InChI is InChI=1S/C68H107N11O15/c1-15-44(8)59(51(92-13)38-55(83)78-37-23-25-50(78)60(93-14)46(10)61(84)71-45(9)39-68(91)33-19-17-20-34-68)76(11)65(88)57(42(4)5)75-64(87)58(43(6)7)77(12)67(90)94-40-47-27-29-48(30-28-47)72-62(85)49(24-22-35-70-66(69)89)73-63(86)56(41(2)3)74-52(80)26-18-16-21-36-79-53(81)31-32-54(79)82/h17,19-20,27-33,41-46,49-51,56-60,91H,15-16,18,21-26,34-40H2,1-14H3,(H,71,84)(H,72,85)(H,73,86)(H,74,80)(H,75,87)(H3,69,70,89)/t44-,45+,46+,49-,50-,51+,56-,57-,58-,59-,60+,68-/m0/s1. The maximum atomic E-state index is 14.8. The zero-order chi connectivity index (χ0) is 70.1. The highest BCUT2D eigenvalue weighted by Crippen LogP contribution is 2.31. The molecule has 1 aliphatic carbocycles. The van der Waals surface area contributed by atoms with Crippen molar-refractivity contribution in [2.45, 2.75) is 213 Å². The summed E-state index contributed by atoms with van der Waals surface area (Å²) >= 11 is 0. The van der Waals surface area contributed by atoms with Gasteiger partial charge in [0.2, 0.25) is 41.4 Å². The second kappa shape index (κ2) is 38.0. The Balaban J connectivity index is 1.37. The number of benzene rings is 1. The molecule has 94 heavy (non-hydrogen) atoms. The third-order valence-electron chi connectivity index (χ3n) is 17.9. The van der Waals surface area contributed by atoms with Gasteiger partial charge in [-0.05, 0) is 99.7 Å². The minimum atomic E-state index is -1.11. The van der Waals surface area contributed by atoms with Crippen molar-refractivity contribution in [2.75, 3.05) is 53.3 Å². The van der Waals surface area contributed by atoms with E-state index in [1.54, 1.807) is 102 Å². The third kappa shape index (κ3) is 23.3. The highest BCUT2D eigenvalue weighted by atomic mass is 16.6. The average molecular weight is 1320 g/mol. The van der Waals surface area contributed by atoms with Gasteiger partial charge >= 0.3 is 12.1 Å². The molecule has 0 bridgehead atoms. The molecule has 26 heteroatoms. The van der Waals surface area contributed by atoms with Crippen molar-refractivity contribution in [3.63, 3.8) is 0 Å². The van der Waals surface area contributed by atoms with Gasteiger partial charge in [0.25, 0.3) is 11.8 Å². The highest BCUT2D eigenvalue weighted by Gasteiger charge is 2.44. The van der Waals surface area contributed by atoms with Gasteiger partial charge in [-0.2, -0.15) is 0 Å². The lowest BCUT2D eigenvalue weighted by Gasteiger charge is -2.41. The number of anilines is 1. The molecule has 9 N–H and O–H groups in total. The number of unbranched alkanes of at least 4 members (excludes halogenated alkanes) is 2. The minimum absolute atomic E-state index is 0.0812. The summed E-state index contributed by atoms with van der Waals surface area (Å²) in [6.45, 7) is 18.8. The zero-order valence-electron chi connectivity index (χ0n) is 57.7. The van der Waals surface area contributed by atoms with Crippen molar-refractivity contribution in [1.82, 2.24) is 46.2 Å². The molecule has 1 aromatic carbocycles. The first-order chi connectivity index (χ1) is 44.4. The molecule has 0 unspecified atom stereocenters. The molecule has 4 rings (SSSR count). The predicted octanol–water partition coefficient (Wildman–Crippen LogP) is 4.98. The van der Waals surface area contributed by atoms with Gasteiger partial charge in [-0.25, -0.2) is 9.59 Å². The van der Waals surface area contributed by atoms with Crippen molar-refractivity contribution in [1.29, 1.82) is 0 Å². The van der Waals surface area contributed by atoms with Crippen molar-refractivity contribution < 1.29 is 72.1 Å². The van der Waals surface area contributed by atoms with E-state index in [1.165, 1.54) is 38.3 Å². The lowest BCUT2D eigenvalue weighted by atomic mass is 9.88. The highest BCUT2D eigenvalue weighted by molar-refractivity contribution is 6.12. The van der Waals surface area contributed by atoms with E-state index in [2.05, 4.69) is 31.9 Å². The van der Waals surface area contributed by atoms with E-state index in [9.17, 15) is 57.8 Å². The summed E-state index contributed by atoms with van der Waals surface area (Å²) in [4.78, 5) is 152. The van der Waals surface area contributed by atoms with Crippen LogP contribution in [0.5, 0.6) is 0 Å². The zero-order valence-corrected chi connectivity index (χ0v) is 57.7. The fourth-order valence-corrected chi connectivity index (χ4v) is 12.5. The summed E-state index contributed by atoms with van der Waals surface area (Å²) in [6.07, 6.45) is 12.0. The number of rotatable bonds is 38. The number of hydrogen-bond acceptors (Lipinski definition) is 15. The van der Waals surface area contributed by atoms with E-state index >= 15 is 0 Å². The number of likely N-dealkylation sites (N-methyl/N-ethyl adjacent to an activating group) is 2. The van der Waals surface area contributed by atoms with Crippen LogP contribution >= 0.6 is 0 Å². The van der Waals surface area contributed by atoms with Crippen LogP contribution in [0, 0.1) is 29.6 Å². The fourth-order valence-electron chi connectivity index (χ4n) is 12.5. The molecule has 26 nitrogen and oxygen atoms in total. The number of primary amides is 1. The molecule has 0 saturated carbocycles. The van der Waals surface area contributed by atoms with Crippen LogP contribution in [0.25, 0.3) is 0 Å². The number of hydrogen-bond donors (Lipinski definition) is 8. The summed E-state index contributed by atoms with van der Waals surface area (Å²) in [7, 11) is 6.11. The normalized spacial score (nSPS) is 19.3. The van der Waals surface area contributed by atoms with Gasteiger partial charge < -0.3 is 66.8 Å². The van der Waals surface area contributed by atoms with E-state index in [-0.39, 0.29) is 92.8 Å². The van der Waals surface area contributed by atoms with Crippen LogP contribution in [0.1, 0.15) is 152 Å². The van der Waals surface area contributed by atoms with Gasteiger partial charge in [0.05, 0.1) is 42.2 Å². The number of likely N-dealkylation sites (tertiary alicyclic amines) is 1. The molecule has 524 valence electrons. The van der Waals surface area contributed by atoms with Gasteiger partial charge in [-0.1, -0.05) is 112 Å². The molecule has 1 saturated heterocycles. The van der Waals surface area contributed by atoms with Gasteiger partial charge in [0, 0.05) is 78.3 Å². The molecule has 1 fully saturated rings. The number of imide groups is 1. The molecule has 3 aliphatic rings. The molecular weight excluding hydrogens is 1210 g/mol. The molecular formula is C68H107N11O15. The molecule has 0 radical (unpaired) electrons. The molecule has 0 aromatic heterocycles. The van der Waals surface area contributed by atoms with Gasteiger partial charge in [0.1, 0.15) is 30.8 Å². The number of nitrogens with one attached hydrogen (secondary N) is 6. The van der Waals surface area contributed by atoms with Gasteiger partial charge in [0.15, 0.2) is 0 Å². The molecule has 12 atom stereocenters. The molecule has 2 aliphatic heterocycles. The van der Waals surface area contributed by atoms with E-state index < -0.39 is 108 Å². The van der Waals surface area contributed by atoms with Gasteiger partial charge in [-0.3, -0.25) is 53.0 Å². The third-order valence-corrected chi connectivity index (χ3v) is 17.9. The van der Waals surface area contributed by atoms with Crippen LogP contribution in [0.2, 0.25) is 0 Å². The fraction of sp³-hybridized carbons (Fsp3) is 0.662. The number of allylic oxidation sites excluding steroid dienone is 2. The number of carbonyl (C=O) groups excluding carboxylic acids is 11. The van der Waals surface area contributed by atoms with Crippen LogP contribution in [0.4, 0.5) is 15.3 Å². The minimum Gasteiger partial charge on any atom is -0.445 e. The van der Waals surface area contributed by atoms with Crippen LogP contribution in [0.3, 0.4) is 0 Å². The quantitative estimate of drug-likeness (QED) is 0.0320. The van der Waals surface area contributed by atoms with Crippen LogP contribution < -0.4 is 37.6 Å². The van der Waals surface area contributed by atoms with Crippen LogP contribution in [0.15, 0.2) is 60.7 Å². The van der Waals surface area contributed by atoms with Crippen LogP contribution in [-0.4, -0.2) is 198 Å². The summed E-state index contributed by atoms with van der Waals surface area (Å²) in [5.74, 6) is -5.86. The summed E-state index contributed by atoms with van der Waals surface area (Å²) < 4.78 is 17.8. The Morgan fingerprint density at radius 3 is 1.99 bits per heavy atom. The Hall–Kier alpha value is -7.71. The van der Waals surface area contributed by atoms with Crippen molar-refractivity contribution >= 4 is 71.0 Å². The summed E-state index contributed by atoms with van der Waals surface area (Å²) in [5, 5.41) is 27.8. The van der Waals surface area contributed by atoms with Crippen LogP contribution in [-0.2, 0) is 64.0 Å². The van der Waals surface area contributed by atoms with Gasteiger partial charge in [-0.15, -0.1) is 0 Å². The maximum absolute atomic E-state index is 14.8. The Kier molecular flexibility index (Phi) is 31.8. The maximum Gasteiger partial charge on any atom is 0.410 e. The molecule has 0 spiro atoms. The Bertz CT molecular complexity index is 2830. The Morgan fingerprint density at radius 1 is 0.755 bits per heavy atom. The first-order valence-electron chi connectivity index (χ1n) is 33.1. The monoisotopic (exact) mass is 1320 g/mol. The first-order valence-corrected chi connectivity index (χ1v) is 33.1. The number of methoxy groups -OCH3 is 2. The number of carbonyl (C=O) groups is 11. The number of nitrogens with two attached hydrogens (primary N) is 1. The Labute approximate surface area is 555 Å². The molecule has 2 heterocycles. The summed E-state index contributed by atoms with van der Waals surface area (Å²) in [5.41, 5.74) is 5.04. The molecule has 1 aromatic rings. The Morgan fingerprint density at radius 2 is 1.41 bits per heavy atom. The van der Waals surface area contributed by atoms with Crippen molar-refractivity contribution in [2.24, 2.45) is 35.3 Å². The number of amides is 12. The lowest BCUT2D eigenvalue weighted by Crippen LogP contribution is -2.60. The number of urea groups is 1. The largest absolute Gasteiger partial charge is 0.445 e. The second-order valence-corrected chi connectivity index (χ2v) is 26.3. The topological polar surface area (TPSA) is 347 Å². The number of nitrogens with zero attached hydrogens (tertiary/aromatic N) is 4. The first kappa shape index (κ1) is 78.7. The lowest BCUT2D eigenvalue weighted by molar-refractivity contribution is -0.148. The predicted molar refractivity (Wildman–Crippen MR) is 354 cm³/mol. The average Bonchev–Trinajstić information content (AvgIpc) is 1.36. The second-order valence-electron chi connectivity index (χ2n) is 26.3.